The molecule has 1 atom stereocenters. The maximum atomic E-state index is 13.9. The van der Waals surface area contributed by atoms with Gasteiger partial charge in [-0.3, -0.25) is 9.59 Å². The summed E-state index contributed by atoms with van der Waals surface area (Å²) in [5.74, 6) is 0.233. The zero-order valence-electron chi connectivity index (χ0n) is 21.3. The quantitative estimate of drug-likeness (QED) is 0.234. The van der Waals surface area contributed by atoms with Crippen LogP contribution in [0, 0.1) is 0 Å². The summed E-state index contributed by atoms with van der Waals surface area (Å²) in [5, 5.41) is 5.22. The first kappa shape index (κ1) is 30.1. The smallest absolute Gasteiger partial charge is 0.243 e. The number of carbonyl (C=O) groups excluding carboxylic acids is 2. The molecular weight excluding hydrogens is 594 g/mol. The fourth-order valence-electron chi connectivity index (χ4n) is 4.77. The summed E-state index contributed by atoms with van der Waals surface area (Å²) in [4.78, 5) is 29.3. The number of hydrogen-bond donors (Lipinski definition) is 1. The monoisotopic (exact) mass is 622 g/mol. The number of amides is 2. The van der Waals surface area contributed by atoms with Crippen molar-refractivity contribution < 1.29 is 9.59 Å². The van der Waals surface area contributed by atoms with Crippen LogP contribution in [0.3, 0.4) is 0 Å². The summed E-state index contributed by atoms with van der Waals surface area (Å²) >= 11 is 27.1. The van der Waals surface area contributed by atoms with E-state index in [2.05, 4.69) is 5.32 Å². The second-order valence-electron chi connectivity index (χ2n) is 9.61. The van der Waals surface area contributed by atoms with Gasteiger partial charge in [0.25, 0.3) is 0 Å². The van der Waals surface area contributed by atoms with E-state index < -0.39 is 6.04 Å². The van der Waals surface area contributed by atoms with Gasteiger partial charge in [0.1, 0.15) is 6.04 Å². The Bertz CT molecular complexity index is 1240. The predicted octanol–water partition coefficient (Wildman–Crippen LogP) is 8.23. The van der Waals surface area contributed by atoms with E-state index in [0.29, 0.717) is 37.8 Å². The molecule has 0 aliphatic heterocycles. The van der Waals surface area contributed by atoms with Gasteiger partial charge in [0.05, 0.1) is 5.75 Å². The molecule has 9 heteroatoms. The van der Waals surface area contributed by atoms with Crippen molar-refractivity contribution in [1.82, 2.24) is 10.2 Å². The van der Waals surface area contributed by atoms with Crippen LogP contribution in [-0.4, -0.2) is 34.6 Å². The van der Waals surface area contributed by atoms with Crippen molar-refractivity contribution in [2.24, 2.45) is 0 Å². The van der Waals surface area contributed by atoms with E-state index in [0.717, 1.165) is 36.8 Å². The van der Waals surface area contributed by atoms with Gasteiger partial charge in [-0.25, -0.2) is 0 Å². The summed E-state index contributed by atoms with van der Waals surface area (Å²) in [5.41, 5.74) is 2.35. The Morgan fingerprint density at radius 1 is 0.821 bits per heavy atom. The Balaban J connectivity index is 1.62. The third-order valence-corrected chi connectivity index (χ3v) is 9.26. The molecule has 0 aromatic heterocycles. The number of rotatable bonds is 11. The minimum Gasteiger partial charge on any atom is -0.352 e. The van der Waals surface area contributed by atoms with E-state index in [1.54, 1.807) is 41.3 Å². The molecule has 1 unspecified atom stereocenters. The summed E-state index contributed by atoms with van der Waals surface area (Å²) in [6.07, 6.45) is 4.44. The fraction of sp³-hybridized carbons (Fsp3) is 0.333. The van der Waals surface area contributed by atoms with E-state index in [-0.39, 0.29) is 30.2 Å². The maximum absolute atomic E-state index is 13.9. The summed E-state index contributed by atoms with van der Waals surface area (Å²) in [7, 11) is 0. The molecule has 39 heavy (non-hydrogen) atoms. The van der Waals surface area contributed by atoms with Gasteiger partial charge in [-0.15, -0.1) is 11.8 Å². The zero-order valence-corrected chi connectivity index (χ0v) is 25.2. The first-order valence-corrected chi connectivity index (χ1v) is 15.6. The van der Waals surface area contributed by atoms with E-state index in [1.165, 1.54) is 11.8 Å². The van der Waals surface area contributed by atoms with Crippen LogP contribution in [0.5, 0.6) is 0 Å². The molecule has 3 aromatic rings. The second kappa shape index (κ2) is 14.7. The van der Waals surface area contributed by atoms with Crippen LogP contribution in [0.4, 0.5) is 0 Å². The molecule has 0 saturated heterocycles. The first-order chi connectivity index (χ1) is 18.8. The average molecular weight is 624 g/mol. The predicted molar refractivity (Wildman–Crippen MR) is 164 cm³/mol. The van der Waals surface area contributed by atoms with Crippen LogP contribution in [-0.2, 0) is 28.3 Å². The molecule has 1 aliphatic carbocycles. The molecule has 1 aliphatic rings. The van der Waals surface area contributed by atoms with Crippen molar-refractivity contribution in [1.29, 1.82) is 0 Å². The molecule has 0 radical (unpaired) electrons. The standard InChI is InChI=1S/C30H30Cl4N2O2S/c31-24-12-6-13-25(32)22(24)17-36(29(37)19-39-18-23-26(33)14-7-15-27(23)34)28(16-20-8-2-1-3-9-20)30(38)35-21-10-4-5-11-21/h1-3,6-9,12-15,21,28H,4-5,10-11,16-19H2,(H,35,38). The van der Waals surface area contributed by atoms with E-state index in [1.807, 2.05) is 30.3 Å². The largest absolute Gasteiger partial charge is 0.352 e. The SMILES string of the molecule is O=C(NC1CCCC1)C(Cc1ccccc1)N(Cc1c(Cl)cccc1Cl)C(=O)CSCc1c(Cl)cccc1Cl. The Kier molecular flexibility index (Phi) is 11.3. The van der Waals surface area contributed by atoms with Crippen molar-refractivity contribution >= 4 is 70.0 Å². The molecule has 1 fully saturated rings. The molecule has 0 spiro atoms. The summed E-state index contributed by atoms with van der Waals surface area (Å²) in [6, 6.07) is 19.7. The Morgan fingerprint density at radius 3 is 1.97 bits per heavy atom. The lowest BCUT2D eigenvalue weighted by Gasteiger charge is -2.33. The highest BCUT2D eigenvalue weighted by molar-refractivity contribution is 7.99. The molecule has 3 aromatic carbocycles. The Labute approximate surface area is 254 Å². The highest BCUT2D eigenvalue weighted by atomic mass is 35.5. The van der Waals surface area contributed by atoms with Gasteiger partial charge in [-0.2, -0.15) is 0 Å². The normalized spacial score (nSPS) is 14.3. The van der Waals surface area contributed by atoms with Crippen molar-refractivity contribution in [2.45, 2.75) is 56.5 Å². The van der Waals surface area contributed by atoms with Gasteiger partial charge in [0.15, 0.2) is 0 Å². The van der Waals surface area contributed by atoms with Gasteiger partial charge in [0, 0.05) is 50.4 Å². The van der Waals surface area contributed by atoms with Gasteiger partial charge in [-0.05, 0) is 48.2 Å². The zero-order chi connectivity index (χ0) is 27.8. The lowest BCUT2D eigenvalue weighted by Crippen LogP contribution is -2.52. The van der Waals surface area contributed by atoms with Crippen molar-refractivity contribution in [3.8, 4) is 0 Å². The van der Waals surface area contributed by atoms with Gasteiger partial charge < -0.3 is 10.2 Å². The highest BCUT2D eigenvalue weighted by Crippen LogP contribution is 2.30. The first-order valence-electron chi connectivity index (χ1n) is 12.9. The number of thioether (sulfide) groups is 1. The molecule has 2 amide bonds. The third-order valence-electron chi connectivity index (χ3n) is 6.90. The van der Waals surface area contributed by atoms with Gasteiger partial charge in [-0.1, -0.05) is 102 Å². The van der Waals surface area contributed by atoms with Crippen LogP contribution >= 0.6 is 58.2 Å². The lowest BCUT2D eigenvalue weighted by molar-refractivity contribution is -0.139. The average Bonchev–Trinajstić information content (AvgIpc) is 3.43. The van der Waals surface area contributed by atoms with E-state index in [9.17, 15) is 9.59 Å². The number of nitrogens with zero attached hydrogens (tertiary/aromatic N) is 1. The second-order valence-corrected chi connectivity index (χ2v) is 12.2. The maximum Gasteiger partial charge on any atom is 0.243 e. The molecule has 1 N–H and O–H groups in total. The third kappa shape index (κ3) is 8.31. The van der Waals surface area contributed by atoms with Gasteiger partial charge >= 0.3 is 0 Å². The van der Waals surface area contributed by atoms with Crippen LogP contribution in [0.1, 0.15) is 42.4 Å². The van der Waals surface area contributed by atoms with Gasteiger partial charge in [0.2, 0.25) is 11.8 Å². The van der Waals surface area contributed by atoms with Crippen molar-refractivity contribution in [3.05, 3.63) is 104 Å². The summed E-state index contributed by atoms with van der Waals surface area (Å²) in [6.45, 7) is 0.111. The lowest BCUT2D eigenvalue weighted by atomic mass is 10.0. The minimum atomic E-state index is -0.739. The minimum absolute atomic E-state index is 0.111. The molecule has 4 nitrogen and oxygen atoms in total. The van der Waals surface area contributed by atoms with Crippen molar-refractivity contribution in [2.75, 3.05) is 5.75 Å². The molecular formula is C30H30Cl4N2O2S. The molecule has 1 saturated carbocycles. The number of nitrogens with one attached hydrogen (secondary N) is 1. The van der Waals surface area contributed by atoms with Crippen LogP contribution < -0.4 is 5.32 Å². The fourth-order valence-corrected chi connectivity index (χ4v) is 6.93. The number of halogens is 4. The highest BCUT2D eigenvalue weighted by Gasteiger charge is 2.33. The van der Waals surface area contributed by atoms with Crippen LogP contribution in [0.2, 0.25) is 20.1 Å². The summed E-state index contributed by atoms with van der Waals surface area (Å²) < 4.78 is 0. The van der Waals surface area contributed by atoms with E-state index in [4.69, 9.17) is 46.4 Å². The Morgan fingerprint density at radius 2 is 1.38 bits per heavy atom. The molecule has 4 rings (SSSR count). The van der Waals surface area contributed by atoms with Crippen molar-refractivity contribution in [3.63, 3.8) is 0 Å². The van der Waals surface area contributed by atoms with E-state index >= 15 is 0 Å². The number of hydrogen-bond acceptors (Lipinski definition) is 3. The molecule has 0 bridgehead atoms. The molecule has 206 valence electrons. The Hall–Kier alpha value is -1.89. The topological polar surface area (TPSA) is 49.4 Å². The number of benzene rings is 3. The van der Waals surface area contributed by atoms with Crippen LogP contribution in [0.15, 0.2) is 66.7 Å². The number of carbonyl (C=O) groups is 2. The van der Waals surface area contributed by atoms with Crippen LogP contribution in [0.25, 0.3) is 0 Å². The molecule has 0 heterocycles.